The minimum absolute atomic E-state index is 0.0231. The molecule has 1 aromatic heterocycles. The van der Waals surface area contributed by atoms with Gasteiger partial charge in [0.05, 0.1) is 0 Å². The highest BCUT2D eigenvalue weighted by atomic mass is 19.1. The van der Waals surface area contributed by atoms with E-state index in [1.54, 1.807) is 12.1 Å². The number of fused-ring (bicyclic) bond motifs is 3. The molecule has 0 saturated carbocycles. The van der Waals surface area contributed by atoms with Gasteiger partial charge in [-0.05, 0) is 48.6 Å². The van der Waals surface area contributed by atoms with Crippen molar-refractivity contribution in [1.29, 1.82) is 0 Å². The molecule has 0 aliphatic heterocycles. The Balaban J connectivity index is 1.53. The van der Waals surface area contributed by atoms with Gasteiger partial charge in [0.15, 0.2) is 0 Å². The maximum absolute atomic E-state index is 13.0. The highest BCUT2D eigenvalue weighted by Crippen LogP contribution is 2.34. The fourth-order valence-corrected chi connectivity index (χ4v) is 4.08. The van der Waals surface area contributed by atoms with E-state index < -0.39 is 5.97 Å². The van der Waals surface area contributed by atoms with Crippen LogP contribution in [0.2, 0.25) is 0 Å². The molecule has 1 aliphatic carbocycles. The Kier molecular flexibility index (Phi) is 4.86. The predicted octanol–water partition coefficient (Wildman–Crippen LogP) is 3.29. The van der Waals surface area contributed by atoms with Crippen molar-refractivity contribution in [1.82, 2.24) is 9.88 Å². The Hall–Kier alpha value is -3.15. The second-order valence-electron chi connectivity index (χ2n) is 7.21. The van der Waals surface area contributed by atoms with E-state index in [4.69, 9.17) is 0 Å². The van der Waals surface area contributed by atoms with Crippen molar-refractivity contribution in [2.45, 2.75) is 32.4 Å². The first-order chi connectivity index (χ1) is 13.5. The fraction of sp³-hybridized carbons (Fsp3) is 0.273. The molecule has 1 heterocycles. The Morgan fingerprint density at radius 2 is 1.89 bits per heavy atom. The number of halogens is 1. The Morgan fingerprint density at radius 1 is 1.14 bits per heavy atom. The average molecular weight is 380 g/mol. The van der Waals surface area contributed by atoms with Gasteiger partial charge in [0.25, 0.3) is 0 Å². The molecule has 2 N–H and O–H groups in total. The van der Waals surface area contributed by atoms with Crippen LogP contribution in [0.15, 0.2) is 48.5 Å². The fourth-order valence-electron chi connectivity index (χ4n) is 4.08. The zero-order valence-corrected chi connectivity index (χ0v) is 15.3. The number of carboxylic acid groups (broad SMARTS) is 1. The third-order valence-corrected chi connectivity index (χ3v) is 5.42. The van der Waals surface area contributed by atoms with E-state index in [-0.39, 0.29) is 24.2 Å². The molecule has 1 unspecified atom stereocenters. The van der Waals surface area contributed by atoms with Gasteiger partial charge < -0.3 is 15.0 Å². The first kappa shape index (κ1) is 18.2. The second kappa shape index (κ2) is 7.46. The monoisotopic (exact) mass is 380 g/mol. The maximum Gasteiger partial charge on any atom is 0.323 e. The number of rotatable bonds is 5. The number of aliphatic carboxylic acids is 1. The topological polar surface area (TPSA) is 71.3 Å². The SMILES string of the molecule is O=C(O)Cn1c2c(c3ccccc31)CC(C(=O)NCc1ccc(F)cc1)CC2. The molecule has 1 aliphatic rings. The Labute approximate surface area is 161 Å². The third-order valence-electron chi connectivity index (χ3n) is 5.42. The summed E-state index contributed by atoms with van der Waals surface area (Å²) in [5, 5.41) is 13.2. The van der Waals surface area contributed by atoms with Crippen LogP contribution >= 0.6 is 0 Å². The number of carboxylic acids is 1. The van der Waals surface area contributed by atoms with Gasteiger partial charge in [-0.2, -0.15) is 0 Å². The van der Waals surface area contributed by atoms with E-state index in [1.807, 2.05) is 28.8 Å². The molecule has 28 heavy (non-hydrogen) atoms. The first-order valence-corrected chi connectivity index (χ1v) is 9.36. The molecule has 2 aromatic carbocycles. The highest BCUT2D eigenvalue weighted by molar-refractivity contribution is 5.88. The summed E-state index contributed by atoms with van der Waals surface area (Å²) in [7, 11) is 0. The largest absolute Gasteiger partial charge is 0.480 e. The molecule has 5 nitrogen and oxygen atoms in total. The molecule has 3 aromatic rings. The molecule has 6 heteroatoms. The number of aromatic nitrogens is 1. The molecule has 0 radical (unpaired) electrons. The lowest BCUT2D eigenvalue weighted by Crippen LogP contribution is -2.34. The molecule has 0 fully saturated rings. The molecule has 0 saturated heterocycles. The molecule has 0 bridgehead atoms. The third kappa shape index (κ3) is 3.50. The number of nitrogens with one attached hydrogen (secondary N) is 1. The quantitative estimate of drug-likeness (QED) is 0.714. The zero-order valence-electron chi connectivity index (χ0n) is 15.3. The van der Waals surface area contributed by atoms with Gasteiger partial charge in [0.2, 0.25) is 5.91 Å². The molecule has 1 amide bonds. The van der Waals surface area contributed by atoms with Gasteiger partial charge in [0, 0.05) is 29.1 Å². The van der Waals surface area contributed by atoms with Crippen molar-refractivity contribution >= 4 is 22.8 Å². The Morgan fingerprint density at radius 3 is 2.64 bits per heavy atom. The maximum atomic E-state index is 13.0. The summed E-state index contributed by atoms with van der Waals surface area (Å²) in [5.41, 5.74) is 3.85. The second-order valence-corrected chi connectivity index (χ2v) is 7.21. The van der Waals surface area contributed by atoms with Crippen LogP contribution in [0.1, 0.15) is 23.2 Å². The summed E-state index contributed by atoms with van der Waals surface area (Å²) < 4.78 is 14.9. The molecule has 1 atom stereocenters. The number of carbonyl (C=O) groups is 2. The van der Waals surface area contributed by atoms with Crippen molar-refractivity contribution in [3.8, 4) is 0 Å². The average Bonchev–Trinajstić information content (AvgIpc) is 3.00. The van der Waals surface area contributed by atoms with Gasteiger partial charge >= 0.3 is 5.97 Å². The molecule has 4 rings (SSSR count). The van der Waals surface area contributed by atoms with Crippen LogP contribution in [0.25, 0.3) is 10.9 Å². The van der Waals surface area contributed by atoms with Crippen LogP contribution in [0.3, 0.4) is 0 Å². The number of nitrogens with zero attached hydrogens (tertiary/aromatic N) is 1. The van der Waals surface area contributed by atoms with E-state index in [1.165, 1.54) is 12.1 Å². The number of hydrogen-bond acceptors (Lipinski definition) is 2. The van der Waals surface area contributed by atoms with Gasteiger partial charge in [-0.25, -0.2) is 4.39 Å². The van der Waals surface area contributed by atoms with Crippen molar-refractivity contribution in [2.75, 3.05) is 0 Å². The van der Waals surface area contributed by atoms with Crippen molar-refractivity contribution in [2.24, 2.45) is 5.92 Å². The number of carbonyl (C=O) groups excluding carboxylic acids is 1. The van der Waals surface area contributed by atoms with Crippen LogP contribution in [0.5, 0.6) is 0 Å². The van der Waals surface area contributed by atoms with Crippen molar-refractivity contribution < 1.29 is 19.1 Å². The van der Waals surface area contributed by atoms with E-state index in [9.17, 15) is 19.1 Å². The van der Waals surface area contributed by atoms with Crippen molar-refractivity contribution in [3.63, 3.8) is 0 Å². The van der Waals surface area contributed by atoms with Gasteiger partial charge in [0.1, 0.15) is 12.4 Å². The molecular formula is C22H21FN2O3. The van der Waals surface area contributed by atoms with Crippen LogP contribution in [-0.2, 0) is 35.5 Å². The zero-order chi connectivity index (χ0) is 19.7. The normalized spacial score (nSPS) is 16.0. The van der Waals surface area contributed by atoms with Crippen LogP contribution < -0.4 is 5.32 Å². The van der Waals surface area contributed by atoms with Gasteiger partial charge in [-0.3, -0.25) is 9.59 Å². The lowest BCUT2D eigenvalue weighted by molar-refractivity contribution is -0.137. The Bertz CT molecular complexity index is 1040. The minimum atomic E-state index is -0.872. The highest BCUT2D eigenvalue weighted by Gasteiger charge is 2.29. The number of amides is 1. The van der Waals surface area contributed by atoms with Gasteiger partial charge in [-0.15, -0.1) is 0 Å². The summed E-state index contributed by atoms with van der Waals surface area (Å²) in [4.78, 5) is 24.0. The molecule has 144 valence electrons. The first-order valence-electron chi connectivity index (χ1n) is 9.36. The van der Waals surface area contributed by atoms with Crippen molar-refractivity contribution in [3.05, 3.63) is 71.2 Å². The number of benzene rings is 2. The predicted molar refractivity (Wildman–Crippen MR) is 103 cm³/mol. The van der Waals surface area contributed by atoms with Crippen LogP contribution in [0.4, 0.5) is 4.39 Å². The summed E-state index contributed by atoms with van der Waals surface area (Å²) in [6.07, 6.45) is 1.95. The van der Waals surface area contributed by atoms with Crippen LogP contribution in [-0.4, -0.2) is 21.6 Å². The van der Waals surface area contributed by atoms with E-state index in [2.05, 4.69) is 5.32 Å². The van der Waals surface area contributed by atoms with Gasteiger partial charge in [-0.1, -0.05) is 30.3 Å². The number of para-hydroxylation sites is 1. The molecular weight excluding hydrogens is 359 g/mol. The van der Waals surface area contributed by atoms with Crippen LogP contribution in [0, 0.1) is 11.7 Å². The van der Waals surface area contributed by atoms with E-state index in [0.717, 1.165) is 27.7 Å². The van der Waals surface area contributed by atoms with E-state index in [0.29, 0.717) is 25.8 Å². The summed E-state index contributed by atoms with van der Waals surface area (Å²) in [6, 6.07) is 13.8. The summed E-state index contributed by atoms with van der Waals surface area (Å²) in [6.45, 7) is 0.292. The molecule has 0 spiro atoms. The smallest absolute Gasteiger partial charge is 0.323 e. The summed E-state index contributed by atoms with van der Waals surface area (Å²) in [5.74, 6) is -1.35. The minimum Gasteiger partial charge on any atom is -0.480 e. The van der Waals surface area contributed by atoms with E-state index >= 15 is 0 Å². The number of hydrogen-bond donors (Lipinski definition) is 2. The lowest BCUT2D eigenvalue weighted by Gasteiger charge is -2.23. The standard InChI is InChI=1S/C22H21FN2O3/c23-16-8-5-14(6-9-16)12-24-22(28)15-7-10-20-18(11-15)17-3-1-2-4-19(17)25(20)13-21(26)27/h1-6,8-9,15H,7,10-13H2,(H,24,28)(H,26,27). The summed E-state index contributed by atoms with van der Waals surface area (Å²) >= 11 is 0. The lowest BCUT2D eigenvalue weighted by atomic mass is 9.85.